The lowest BCUT2D eigenvalue weighted by Crippen LogP contribution is -2.23. The van der Waals surface area contributed by atoms with Crippen LogP contribution >= 0.6 is 11.5 Å². The fraction of sp³-hybridized carbons (Fsp3) is 0.125. The van der Waals surface area contributed by atoms with Gasteiger partial charge in [-0.3, -0.25) is 0 Å². The van der Waals surface area contributed by atoms with Crippen LogP contribution < -0.4 is 0 Å². The number of hydrogen-bond donors (Lipinski definition) is 0. The number of benzene rings is 2. The molecule has 2 aromatic carbocycles. The van der Waals surface area contributed by atoms with E-state index in [1.54, 1.807) is 18.3 Å². The molecule has 0 unspecified atom stereocenters. The Balaban J connectivity index is 1.58. The molecule has 1 aliphatic rings. The van der Waals surface area contributed by atoms with Gasteiger partial charge in [-0.05, 0) is 34.3 Å². The molecule has 0 saturated heterocycles. The summed E-state index contributed by atoms with van der Waals surface area (Å²) in [7, 11) is -3.38. The molecule has 0 aliphatic carbocycles. The van der Waals surface area contributed by atoms with Gasteiger partial charge in [-0.1, -0.05) is 47.0 Å². The zero-order valence-electron chi connectivity index (χ0n) is 12.1. The van der Waals surface area contributed by atoms with Gasteiger partial charge in [0.05, 0.1) is 16.0 Å². The highest BCUT2D eigenvalue weighted by molar-refractivity contribution is 7.89. The Bertz CT molecular complexity index is 936. The van der Waals surface area contributed by atoms with Crippen molar-refractivity contribution in [2.75, 3.05) is 0 Å². The summed E-state index contributed by atoms with van der Waals surface area (Å²) in [4.78, 5) is 1.42. The summed E-state index contributed by atoms with van der Waals surface area (Å²) in [5.41, 5.74) is 2.86. The van der Waals surface area contributed by atoms with Crippen molar-refractivity contribution >= 4 is 21.6 Å². The van der Waals surface area contributed by atoms with Gasteiger partial charge >= 0.3 is 0 Å². The van der Waals surface area contributed by atoms with Crippen LogP contribution in [0.2, 0.25) is 0 Å². The SMILES string of the molecule is O=S1(=O)c2ccccc2CN1Cc1ccc(-c2cnns2)cc1. The molecule has 0 fully saturated rings. The maximum atomic E-state index is 12.6. The summed E-state index contributed by atoms with van der Waals surface area (Å²) >= 11 is 1.34. The van der Waals surface area contributed by atoms with E-state index < -0.39 is 10.0 Å². The highest BCUT2D eigenvalue weighted by atomic mass is 32.2. The normalized spacial score (nSPS) is 16.3. The fourth-order valence-electron chi connectivity index (χ4n) is 2.71. The van der Waals surface area contributed by atoms with Gasteiger partial charge < -0.3 is 0 Å². The van der Waals surface area contributed by atoms with Gasteiger partial charge in [-0.15, -0.1) is 5.10 Å². The van der Waals surface area contributed by atoms with Gasteiger partial charge in [0.2, 0.25) is 10.0 Å². The van der Waals surface area contributed by atoms with Crippen molar-refractivity contribution in [1.82, 2.24) is 13.9 Å². The van der Waals surface area contributed by atoms with Crippen molar-refractivity contribution in [3.63, 3.8) is 0 Å². The minimum absolute atomic E-state index is 0.373. The second-order valence-electron chi connectivity index (χ2n) is 5.36. The number of hydrogen-bond acceptors (Lipinski definition) is 5. The standard InChI is InChI=1S/C16H13N3O2S2/c20-23(21)16-4-2-1-3-14(16)11-19(23)10-12-5-7-13(8-6-12)15-9-17-18-22-15/h1-9H,10-11H2. The fourth-order valence-corrected chi connectivity index (χ4v) is 4.85. The quantitative estimate of drug-likeness (QED) is 0.733. The third-order valence-electron chi connectivity index (χ3n) is 3.90. The van der Waals surface area contributed by atoms with Crippen molar-refractivity contribution < 1.29 is 8.42 Å². The average Bonchev–Trinajstić information content (AvgIpc) is 3.17. The topological polar surface area (TPSA) is 63.2 Å². The Morgan fingerprint density at radius 2 is 1.87 bits per heavy atom. The van der Waals surface area contributed by atoms with Gasteiger partial charge in [-0.25, -0.2) is 8.42 Å². The van der Waals surface area contributed by atoms with Gasteiger partial charge in [0.1, 0.15) is 0 Å². The minimum Gasteiger partial charge on any atom is -0.207 e. The van der Waals surface area contributed by atoms with Crippen LogP contribution in [0.25, 0.3) is 10.4 Å². The van der Waals surface area contributed by atoms with Crippen molar-refractivity contribution in [2.24, 2.45) is 0 Å². The number of rotatable bonds is 3. The Morgan fingerprint density at radius 3 is 2.57 bits per heavy atom. The molecule has 0 radical (unpaired) electrons. The van der Waals surface area contributed by atoms with Gasteiger partial charge in [-0.2, -0.15) is 4.31 Å². The van der Waals surface area contributed by atoms with E-state index >= 15 is 0 Å². The second kappa shape index (κ2) is 5.52. The zero-order chi connectivity index (χ0) is 15.9. The lowest BCUT2D eigenvalue weighted by atomic mass is 10.1. The summed E-state index contributed by atoms with van der Waals surface area (Å²) in [6.07, 6.45) is 1.72. The van der Waals surface area contributed by atoms with Crippen LogP contribution in [0.3, 0.4) is 0 Å². The molecule has 0 amide bonds. The first kappa shape index (κ1) is 14.5. The van der Waals surface area contributed by atoms with Gasteiger partial charge in [0.15, 0.2) is 0 Å². The Kier molecular flexibility index (Phi) is 3.48. The van der Waals surface area contributed by atoms with Crippen LogP contribution in [0.1, 0.15) is 11.1 Å². The maximum absolute atomic E-state index is 12.6. The summed E-state index contributed by atoms with van der Waals surface area (Å²) in [5, 5.41) is 3.83. The first-order valence-corrected chi connectivity index (χ1v) is 9.31. The number of sulfonamides is 1. The summed E-state index contributed by atoms with van der Waals surface area (Å²) < 4.78 is 30.5. The Hall–Kier alpha value is -2.09. The highest BCUT2D eigenvalue weighted by Crippen LogP contribution is 2.31. The Labute approximate surface area is 138 Å². The van der Waals surface area contributed by atoms with Crippen LogP contribution in [-0.2, 0) is 23.1 Å². The van der Waals surface area contributed by atoms with Crippen molar-refractivity contribution in [3.8, 4) is 10.4 Å². The molecule has 0 saturated carbocycles. The molecule has 2 heterocycles. The lowest BCUT2D eigenvalue weighted by molar-refractivity contribution is 0.420. The first-order valence-electron chi connectivity index (χ1n) is 7.09. The molecule has 0 atom stereocenters. The lowest BCUT2D eigenvalue weighted by Gasteiger charge is -2.14. The molecule has 0 N–H and O–H groups in total. The van der Waals surface area contributed by atoms with Crippen LogP contribution in [0.15, 0.2) is 59.6 Å². The number of fused-ring (bicyclic) bond motifs is 1. The van der Waals surface area contributed by atoms with E-state index in [1.165, 1.54) is 15.8 Å². The van der Waals surface area contributed by atoms with Crippen molar-refractivity contribution in [1.29, 1.82) is 0 Å². The van der Waals surface area contributed by atoms with Crippen LogP contribution in [0.5, 0.6) is 0 Å². The largest absolute Gasteiger partial charge is 0.244 e. The molecule has 4 rings (SSSR count). The molecule has 7 heteroatoms. The molecule has 1 aromatic heterocycles. The molecular weight excluding hydrogens is 330 g/mol. The molecule has 1 aliphatic heterocycles. The van der Waals surface area contributed by atoms with E-state index in [0.29, 0.717) is 18.0 Å². The summed E-state index contributed by atoms with van der Waals surface area (Å²) in [6.45, 7) is 0.803. The summed E-state index contributed by atoms with van der Waals surface area (Å²) in [5.74, 6) is 0. The predicted octanol–water partition coefficient (Wildman–Crippen LogP) is 2.91. The van der Waals surface area contributed by atoms with E-state index in [9.17, 15) is 8.42 Å². The molecule has 23 heavy (non-hydrogen) atoms. The minimum atomic E-state index is -3.38. The maximum Gasteiger partial charge on any atom is 0.244 e. The monoisotopic (exact) mass is 343 g/mol. The predicted molar refractivity (Wildman–Crippen MR) is 88.2 cm³/mol. The molecule has 0 spiro atoms. The summed E-state index contributed by atoms with van der Waals surface area (Å²) in [6, 6.07) is 15.0. The first-order chi connectivity index (χ1) is 11.1. The van der Waals surface area contributed by atoms with E-state index in [4.69, 9.17) is 0 Å². The molecule has 5 nitrogen and oxygen atoms in total. The number of nitrogens with zero attached hydrogens (tertiary/aromatic N) is 3. The number of aromatic nitrogens is 2. The Morgan fingerprint density at radius 1 is 1.09 bits per heavy atom. The van der Waals surface area contributed by atoms with Crippen molar-refractivity contribution in [2.45, 2.75) is 18.0 Å². The third kappa shape index (κ3) is 2.56. The molecule has 3 aromatic rings. The van der Waals surface area contributed by atoms with Crippen LogP contribution in [0.4, 0.5) is 0 Å². The van der Waals surface area contributed by atoms with E-state index in [0.717, 1.165) is 21.6 Å². The van der Waals surface area contributed by atoms with E-state index in [2.05, 4.69) is 9.59 Å². The highest BCUT2D eigenvalue weighted by Gasteiger charge is 2.33. The zero-order valence-corrected chi connectivity index (χ0v) is 13.7. The molecular formula is C16H13N3O2S2. The smallest absolute Gasteiger partial charge is 0.207 e. The average molecular weight is 343 g/mol. The molecule has 116 valence electrons. The van der Waals surface area contributed by atoms with E-state index in [1.807, 2.05) is 36.4 Å². The van der Waals surface area contributed by atoms with Gasteiger partial charge in [0.25, 0.3) is 0 Å². The third-order valence-corrected chi connectivity index (χ3v) is 6.50. The van der Waals surface area contributed by atoms with Crippen LogP contribution in [0, 0.1) is 0 Å². The van der Waals surface area contributed by atoms with Gasteiger partial charge in [0, 0.05) is 13.1 Å². The van der Waals surface area contributed by atoms with E-state index in [-0.39, 0.29) is 0 Å². The second-order valence-corrected chi connectivity index (χ2v) is 8.05. The van der Waals surface area contributed by atoms with Crippen molar-refractivity contribution in [3.05, 3.63) is 65.9 Å². The van der Waals surface area contributed by atoms with Crippen LogP contribution in [-0.4, -0.2) is 22.3 Å². The molecule has 0 bridgehead atoms.